The highest BCUT2D eigenvalue weighted by Crippen LogP contribution is 1.98. The number of carbonyl (C=O) groups excluding carboxylic acids is 1. The van der Waals surface area contributed by atoms with Crippen LogP contribution < -0.4 is 0 Å². The molecule has 0 aromatic carbocycles. The number of likely N-dealkylation sites (N-methyl/N-ethyl adjacent to an activating group) is 1. The van der Waals surface area contributed by atoms with Gasteiger partial charge in [-0.1, -0.05) is 28.1 Å². The molecule has 0 spiro atoms. The highest BCUT2D eigenvalue weighted by atomic mass is 79.9. The van der Waals surface area contributed by atoms with Crippen molar-refractivity contribution in [3.05, 3.63) is 12.2 Å². The van der Waals surface area contributed by atoms with Crippen molar-refractivity contribution < 1.29 is 4.79 Å². The lowest BCUT2D eigenvalue weighted by molar-refractivity contribution is -0.127. The predicted molar refractivity (Wildman–Crippen MR) is 50.9 cm³/mol. The minimum Gasteiger partial charge on any atom is -0.338 e. The van der Waals surface area contributed by atoms with E-state index in [0.29, 0.717) is 11.9 Å². The van der Waals surface area contributed by atoms with Crippen molar-refractivity contribution in [2.45, 2.75) is 13.8 Å². The SMILES string of the molecule is C=C(C)CN(CC)C(=O)CBr. The molecule has 0 saturated heterocycles. The van der Waals surface area contributed by atoms with Crippen LogP contribution in [0.25, 0.3) is 0 Å². The maximum Gasteiger partial charge on any atom is 0.233 e. The predicted octanol–water partition coefficient (Wildman–Crippen LogP) is 1.81. The number of alkyl halides is 1. The summed E-state index contributed by atoms with van der Waals surface area (Å²) in [5.41, 5.74) is 1.01. The van der Waals surface area contributed by atoms with Crippen molar-refractivity contribution in [2.75, 3.05) is 18.4 Å². The van der Waals surface area contributed by atoms with Crippen LogP contribution in [0.4, 0.5) is 0 Å². The molecule has 3 heteroatoms. The molecule has 0 aromatic rings. The van der Waals surface area contributed by atoms with E-state index in [0.717, 1.165) is 12.1 Å². The van der Waals surface area contributed by atoms with Crippen LogP contribution in [0.3, 0.4) is 0 Å². The molecule has 1 amide bonds. The van der Waals surface area contributed by atoms with Gasteiger partial charge in [0.25, 0.3) is 0 Å². The third-order valence-electron chi connectivity index (χ3n) is 1.31. The molecule has 0 heterocycles. The highest BCUT2D eigenvalue weighted by Gasteiger charge is 2.08. The summed E-state index contributed by atoms with van der Waals surface area (Å²) in [5.74, 6) is 0.121. The Morgan fingerprint density at radius 3 is 2.45 bits per heavy atom. The Bertz CT molecular complexity index is 156. The van der Waals surface area contributed by atoms with E-state index in [4.69, 9.17) is 0 Å². The maximum atomic E-state index is 11.1. The van der Waals surface area contributed by atoms with Crippen LogP contribution in [0.15, 0.2) is 12.2 Å². The summed E-state index contributed by atoms with van der Waals surface area (Å²) in [6.07, 6.45) is 0. The minimum atomic E-state index is 0.121. The van der Waals surface area contributed by atoms with Crippen LogP contribution in [-0.4, -0.2) is 29.2 Å². The number of hydrogen-bond acceptors (Lipinski definition) is 1. The molecule has 0 aliphatic heterocycles. The number of halogens is 1. The molecule has 0 N–H and O–H groups in total. The quantitative estimate of drug-likeness (QED) is 0.522. The second kappa shape index (κ2) is 5.35. The first-order valence-electron chi connectivity index (χ1n) is 3.60. The molecule has 0 unspecified atom stereocenters. The molecule has 0 saturated carbocycles. The number of carbonyl (C=O) groups is 1. The number of nitrogens with zero attached hydrogens (tertiary/aromatic N) is 1. The Morgan fingerprint density at radius 2 is 2.18 bits per heavy atom. The zero-order valence-corrected chi connectivity index (χ0v) is 8.65. The van der Waals surface area contributed by atoms with Crippen LogP contribution in [0.5, 0.6) is 0 Å². The lowest BCUT2D eigenvalue weighted by Gasteiger charge is -2.19. The molecular weight excluding hydrogens is 206 g/mol. The number of amides is 1. The zero-order valence-electron chi connectivity index (χ0n) is 7.06. The fraction of sp³-hybridized carbons (Fsp3) is 0.625. The Balaban J connectivity index is 3.94. The summed E-state index contributed by atoms with van der Waals surface area (Å²) < 4.78 is 0. The van der Waals surface area contributed by atoms with Crippen molar-refractivity contribution in [1.29, 1.82) is 0 Å². The highest BCUT2D eigenvalue weighted by molar-refractivity contribution is 9.09. The summed E-state index contributed by atoms with van der Waals surface area (Å²) in [5, 5.41) is 0.397. The van der Waals surface area contributed by atoms with Gasteiger partial charge in [-0.05, 0) is 13.8 Å². The van der Waals surface area contributed by atoms with Gasteiger partial charge in [0.2, 0.25) is 5.91 Å². The molecule has 0 radical (unpaired) electrons. The van der Waals surface area contributed by atoms with E-state index in [1.807, 2.05) is 13.8 Å². The molecule has 0 aliphatic rings. The third-order valence-corrected chi connectivity index (χ3v) is 1.79. The third kappa shape index (κ3) is 4.19. The summed E-state index contributed by atoms with van der Waals surface area (Å²) in [4.78, 5) is 12.9. The van der Waals surface area contributed by atoms with Crippen molar-refractivity contribution in [2.24, 2.45) is 0 Å². The van der Waals surface area contributed by atoms with Gasteiger partial charge in [0.15, 0.2) is 0 Å². The molecular formula is C8H14BrNO. The lowest BCUT2D eigenvalue weighted by Crippen LogP contribution is -2.32. The second-order valence-corrected chi connectivity index (χ2v) is 3.06. The molecule has 64 valence electrons. The maximum absolute atomic E-state index is 11.1. The molecule has 11 heavy (non-hydrogen) atoms. The Labute approximate surface area is 76.4 Å². The molecule has 0 aliphatic carbocycles. The molecule has 0 fully saturated rings. The van der Waals surface area contributed by atoms with Crippen molar-refractivity contribution in [3.63, 3.8) is 0 Å². The van der Waals surface area contributed by atoms with Gasteiger partial charge in [-0.2, -0.15) is 0 Å². The van der Waals surface area contributed by atoms with Gasteiger partial charge in [0.05, 0.1) is 5.33 Å². The number of hydrogen-bond donors (Lipinski definition) is 0. The summed E-state index contributed by atoms with van der Waals surface area (Å²) in [6, 6.07) is 0. The van der Waals surface area contributed by atoms with E-state index in [1.165, 1.54) is 0 Å². The fourth-order valence-corrected chi connectivity index (χ4v) is 1.14. The van der Waals surface area contributed by atoms with Crippen LogP contribution in [0.1, 0.15) is 13.8 Å². The van der Waals surface area contributed by atoms with Gasteiger partial charge < -0.3 is 4.90 Å². The van der Waals surface area contributed by atoms with Gasteiger partial charge in [0, 0.05) is 13.1 Å². The first-order chi connectivity index (χ1) is 5.11. The van der Waals surface area contributed by atoms with Gasteiger partial charge in [-0.25, -0.2) is 0 Å². The Kier molecular flexibility index (Phi) is 5.20. The van der Waals surface area contributed by atoms with Gasteiger partial charge in [0.1, 0.15) is 0 Å². The molecule has 0 bridgehead atoms. The summed E-state index contributed by atoms with van der Waals surface area (Å²) in [6.45, 7) is 9.05. The average Bonchev–Trinajstić information content (AvgIpc) is 1.98. The van der Waals surface area contributed by atoms with Crippen LogP contribution in [-0.2, 0) is 4.79 Å². The normalized spacial score (nSPS) is 9.36. The second-order valence-electron chi connectivity index (χ2n) is 2.50. The summed E-state index contributed by atoms with van der Waals surface area (Å²) >= 11 is 3.13. The Morgan fingerprint density at radius 1 is 1.64 bits per heavy atom. The zero-order chi connectivity index (χ0) is 8.85. The lowest BCUT2D eigenvalue weighted by atomic mass is 10.3. The standard InChI is InChI=1S/C8H14BrNO/c1-4-10(6-7(2)3)8(11)5-9/h2,4-6H2,1,3H3. The van der Waals surface area contributed by atoms with E-state index in [9.17, 15) is 4.79 Å². The molecule has 0 aromatic heterocycles. The van der Waals surface area contributed by atoms with Crippen LogP contribution >= 0.6 is 15.9 Å². The molecule has 0 atom stereocenters. The van der Waals surface area contributed by atoms with Gasteiger partial charge in [-0.15, -0.1) is 0 Å². The van der Waals surface area contributed by atoms with E-state index >= 15 is 0 Å². The van der Waals surface area contributed by atoms with Gasteiger partial charge in [-0.3, -0.25) is 4.79 Å². The van der Waals surface area contributed by atoms with Crippen molar-refractivity contribution in [3.8, 4) is 0 Å². The average molecular weight is 220 g/mol. The van der Waals surface area contributed by atoms with Crippen molar-refractivity contribution in [1.82, 2.24) is 4.90 Å². The van der Waals surface area contributed by atoms with Crippen LogP contribution in [0.2, 0.25) is 0 Å². The largest absolute Gasteiger partial charge is 0.338 e. The fourth-order valence-electron chi connectivity index (χ4n) is 0.787. The van der Waals surface area contributed by atoms with E-state index < -0.39 is 0 Å². The van der Waals surface area contributed by atoms with Crippen LogP contribution in [0, 0.1) is 0 Å². The van der Waals surface area contributed by atoms with E-state index in [2.05, 4.69) is 22.5 Å². The minimum absolute atomic E-state index is 0.121. The van der Waals surface area contributed by atoms with E-state index in [-0.39, 0.29) is 5.91 Å². The molecule has 0 rings (SSSR count). The Hall–Kier alpha value is -0.310. The molecule has 2 nitrogen and oxygen atoms in total. The van der Waals surface area contributed by atoms with E-state index in [1.54, 1.807) is 4.90 Å². The van der Waals surface area contributed by atoms with Gasteiger partial charge >= 0.3 is 0 Å². The monoisotopic (exact) mass is 219 g/mol. The number of rotatable bonds is 4. The first kappa shape index (κ1) is 10.7. The van der Waals surface area contributed by atoms with Crippen molar-refractivity contribution >= 4 is 21.8 Å². The first-order valence-corrected chi connectivity index (χ1v) is 4.72. The smallest absolute Gasteiger partial charge is 0.233 e. The topological polar surface area (TPSA) is 20.3 Å². The summed E-state index contributed by atoms with van der Waals surface area (Å²) in [7, 11) is 0.